The van der Waals surface area contributed by atoms with E-state index in [-0.39, 0.29) is 11.5 Å². The van der Waals surface area contributed by atoms with Gasteiger partial charge in [0.25, 0.3) is 5.56 Å². The van der Waals surface area contributed by atoms with Crippen molar-refractivity contribution < 1.29 is 4.39 Å². The summed E-state index contributed by atoms with van der Waals surface area (Å²) in [5.41, 5.74) is 1.41. The molecule has 1 unspecified atom stereocenters. The Labute approximate surface area is 187 Å². The molecule has 32 heavy (non-hydrogen) atoms. The van der Waals surface area contributed by atoms with Crippen LogP contribution in [0.25, 0.3) is 16.9 Å². The molecule has 1 N–H and O–H groups in total. The number of nitriles is 1. The van der Waals surface area contributed by atoms with Crippen molar-refractivity contribution >= 4 is 5.65 Å². The molecule has 4 rings (SSSR count). The van der Waals surface area contributed by atoms with E-state index in [0.29, 0.717) is 47.1 Å². The molecule has 3 aromatic heterocycles. The van der Waals surface area contributed by atoms with Crippen LogP contribution >= 0.6 is 0 Å². The lowest BCUT2D eigenvalue weighted by Crippen LogP contribution is -2.29. The fraction of sp³-hybridized carbons (Fsp3) is 0.583. The molecule has 0 radical (unpaired) electrons. The topological polar surface area (TPSA) is 91.8 Å². The first-order valence-electron chi connectivity index (χ1n) is 11.5. The van der Waals surface area contributed by atoms with E-state index in [1.807, 2.05) is 24.7 Å². The Balaban J connectivity index is 1.55. The van der Waals surface area contributed by atoms with Gasteiger partial charge in [-0.2, -0.15) is 10.4 Å². The van der Waals surface area contributed by atoms with Crippen LogP contribution in [0.4, 0.5) is 4.39 Å². The molecule has 0 spiro atoms. The minimum absolute atomic E-state index is 0.0356. The second-order valence-electron chi connectivity index (χ2n) is 9.80. The second-order valence-corrected chi connectivity index (χ2v) is 9.80. The van der Waals surface area contributed by atoms with Crippen LogP contribution in [0.15, 0.2) is 23.4 Å². The maximum atomic E-state index is 14.1. The summed E-state index contributed by atoms with van der Waals surface area (Å²) in [6.07, 6.45) is 9.33. The van der Waals surface area contributed by atoms with E-state index in [4.69, 9.17) is 0 Å². The van der Waals surface area contributed by atoms with Crippen LogP contribution in [0.3, 0.4) is 0 Å². The molecular formula is C24H31FN6O. The third-order valence-corrected chi connectivity index (χ3v) is 6.99. The molecule has 1 aliphatic carbocycles. The smallest absolute Gasteiger partial charge is 0.276 e. The number of nitrogens with one attached hydrogen (secondary N) is 1. The molecule has 3 heterocycles. The Kier molecular flexibility index (Phi) is 5.93. The zero-order valence-electron chi connectivity index (χ0n) is 19.2. The average Bonchev–Trinajstić information content (AvgIpc) is 3.38. The number of aromatic nitrogens is 5. The highest BCUT2D eigenvalue weighted by Gasteiger charge is 2.32. The lowest BCUT2D eigenvalue weighted by atomic mass is 9.75. The first-order valence-corrected chi connectivity index (χ1v) is 11.5. The third-order valence-electron chi connectivity index (χ3n) is 6.99. The molecule has 1 atom stereocenters. The molecule has 170 valence electrons. The van der Waals surface area contributed by atoms with Gasteiger partial charge < -0.3 is 0 Å². The van der Waals surface area contributed by atoms with Gasteiger partial charge in [-0.3, -0.25) is 14.6 Å². The van der Waals surface area contributed by atoms with Crippen molar-refractivity contribution in [1.82, 2.24) is 24.4 Å². The lowest BCUT2D eigenvalue weighted by molar-refractivity contribution is 0.0836. The quantitative estimate of drug-likeness (QED) is 0.597. The second kappa shape index (κ2) is 8.53. The van der Waals surface area contributed by atoms with E-state index in [0.717, 1.165) is 31.4 Å². The van der Waals surface area contributed by atoms with Crippen LogP contribution in [0.2, 0.25) is 0 Å². The maximum absolute atomic E-state index is 14.1. The Morgan fingerprint density at radius 3 is 2.72 bits per heavy atom. The Morgan fingerprint density at radius 1 is 1.34 bits per heavy atom. The average molecular weight is 439 g/mol. The summed E-state index contributed by atoms with van der Waals surface area (Å²) in [6.45, 7) is 8.64. The van der Waals surface area contributed by atoms with E-state index in [1.165, 1.54) is 10.7 Å². The first-order chi connectivity index (χ1) is 15.2. The monoisotopic (exact) mass is 438 g/mol. The van der Waals surface area contributed by atoms with Crippen molar-refractivity contribution in [3.05, 3.63) is 40.1 Å². The number of halogens is 1. The summed E-state index contributed by atoms with van der Waals surface area (Å²) in [4.78, 5) is 17.7. The molecule has 0 bridgehead atoms. The highest BCUT2D eigenvalue weighted by Crippen LogP contribution is 2.39. The number of fused-ring (bicyclic) bond motifs is 1. The van der Waals surface area contributed by atoms with Crippen molar-refractivity contribution in [1.29, 1.82) is 5.26 Å². The highest BCUT2D eigenvalue weighted by molar-refractivity contribution is 5.67. The van der Waals surface area contributed by atoms with Gasteiger partial charge in [0.1, 0.15) is 17.3 Å². The zero-order valence-corrected chi connectivity index (χ0v) is 19.2. The fourth-order valence-corrected chi connectivity index (χ4v) is 4.84. The van der Waals surface area contributed by atoms with Crippen molar-refractivity contribution in [3.8, 4) is 17.3 Å². The predicted octanol–water partition coefficient (Wildman–Crippen LogP) is 4.83. The van der Waals surface area contributed by atoms with Crippen LogP contribution in [-0.4, -0.2) is 30.0 Å². The third kappa shape index (κ3) is 4.21. The molecule has 3 aromatic rings. The van der Waals surface area contributed by atoms with Crippen molar-refractivity contribution in [2.75, 3.05) is 0 Å². The van der Waals surface area contributed by atoms with E-state index < -0.39 is 5.67 Å². The Morgan fingerprint density at radius 2 is 2.06 bits per heavy atom. The summed E-state index contributed by atoms with van der Waals surface area (Å²) in [5, 5.41) is 16.7. The van der Waals surface area contributed by atoms with Crippen LogP contribution in [0.1, 0.15) is 76.8 Å². The Hall–Kier alpha value is -2.95. The standard InChI is InChI=1S/C24H31FN6O/c1-15(2)20-21(29-22-18(11-26)12-28-31(22)23(20)32)19-13-27-30(14-19)10-7-16(3)17-5-8-24(4,25)9-6-17/h12-17,28H,5-10H2,1-4H3. The number of alkyl halides is 1. The van der Waals surface area contributed by atoms with Gasteiger partial charge in [0, 0.05) is 30.1 Å². The van der Waals surface area contributed by atoms with Crippen molar-refractivity contribution in [3.63, 3.8) is 0 Å². The fourth-order valence-electron chi connectivity index (χ4n) is 4.84. The number of hydrogen-bond acceptors (Lipinski definition) is 4. The van der Waals surface area contributed by atoms with E-state index in [9.17, 15) is 14.4 Å². The molecule has 7 nitrogen and oxygen atoms in total. The van der Waals surface area contributed by atoms with Crippen molar-refractivity contribution in [2.24, 2.45) is 11.8 Å². The maximum Gasteiger partial charge on any atom is 0.276 e. The van der Waals surface area contributed by atoms with E-state index in [1.54, 1.807) is 13.1 Å². The minimum atomic E-state index is -1.00. The molecule has 0 amide bonds. The van der Waals surface area contributed by atoms with Gasteiger partial charge in [0.05, 0.1) is 11.9 Å². The summed E-state index contributed by atoms with van der Waals surface area (Å²) in [7, 11) is 0. The van der Waals surface area contributed by atoms with Crippen LogP contribution in [0, 0.1) is 23.2 Å². The Bertz CT molecular complexity index is 1200. The zero-order chi connectivity index (χ0) is 23.0. The van der Waals surface area contributed by atoms with E-state index >= 15 is 0 Å². The van der Waals surface area contributed by atoms with Gasteiger partial charge >= 0.3 is 0 Å². The summed E-state index contributed by atoms with van der Waals surface area (Å²) >= 11 is 0. The number of rotatable bonds is 6. The van der Waals surface area contributed by atoms with Gasteiger partial charge in [0.2, 0.25) is 0 Å². The minimum Gasteiger partial charge on any atom is -0.295 e. The van der Waals surface area contributed by atoms with Crippen LogP contribution < -0.4 is 5.56 Å². The molecular weight excluding hydrogens is 407 g/mol. The molecule has 1 fully saturated rings. The van der Waals surface area contributed by atoms with Gasteiger partial charge in [-0.05, 0) is 56.8 Å². The van der Waals surface area contributed by atoms with Gasteiger partial charge in [-0.15, -0.1) is 0 Å². The van der Waals surface area contributed by atoms with Crippen LogP contribution in [-0.2, 0) is 6.54 Å². The van der Waals surface area contributed by atoms with E-state index in [2.05, 4.69) is 28.2 Å². The number of nitrogens with zero attached hydrogens (tertiary/aromatic N) is 5. The lowest BCUT2D eigenvalue weighted by Gasteiger charge is -2.34. The molecule has 0 aromatic carbocycles. The largest absolute Gasteiger partial charge is 0.295 e. The summed E-state index contributed by atoms with van der Waals surface area (Å²) in [5.74, 6) is 1.03. The summed E-state index contributed by atoms with van der Waals surface area (Å²) < 4.78 is 17.3. The number of hydrogen-bond donors (Lipinski definition) is 1. The highest BCUT2D eigenvalue weighted by atomic mass is 19.1. The van der Waals surface area contributed by atoms with Crippen LogP contribution in [0.5, 0.6) is 0 Å². The SMILES string of the molecule is CC(C)c1c(-c2cnn(CCC(C)C3CCC(C)(F)CC3)c2)nc2c(C#N)c[nH]n2c1=O. The van der Waals surface area contributed by atoms with Gasteiger partial charge in [0.15, 0.2) is 5.65 Å². The number of aryl methyl sites for hydroxylation is 1. The molecule has 1 saturated carbocycles. The van der Waals surface area contributed by atoms with Gasteiger partial charge in [-0.25, -0.2) is 13.9 Å². The number of aromatic amines is 1. The molecule has 0 saturated heterocycles. The molecule has 0 aliphatic heterocycles. The molecule has 1 aliphatic rings. The van der Waals surface area contributed by atoms with Crippen molar-refractivity contribution in [2.45, 2.75) is 77.9 Å². The normalized spacial score (nSPS) is 22.3. The van der Waals surface area contributed by atoms with Gasteiger partial charge in [-0.1, -0.05) is 20.8 Å². The summed E-state index contributed by atoms with van der Waals surface area (Å²) in [6, 6.07) is 2.08. The number of H-pyrrole nitrogens is 1. The predicted molar refractivity (Wildman–Crippen MR) is 121 cm³/mol. The first kappa shape index (κ1) is 22.3. The molecule has 8 heteroatoms.